The molecular weight excluding hydrogens is 541 g/mol. The molecule has 1 atom stereocenters. The van der Waals surface area contributed by atoms with Crippen LogP contribution < -0.4 is 9.47 Å². The molecule has 38 heavy (non-hydrogen) atoms. The third kappa shape index (κ3) is 4.94. The molecule has 6 heteroatoms. The Morgan fingerprint density at radius 1 is 1.00 bits per heavy atom. The molecule has 3 aromatic rings. The van der Waals surface area contributed by atoms with Gasteiger partial charge < -0.3 is 4.90 Å². The van der Waals surface area contributed by atoms with Gasteiger partial charge in [-0.1, -0.05) is 47.4 Å². The molecule has 0 fully saturated rings. The minimum absolute atomic E-state index is 0.707. The lowest BCUT2D eigenvalue weighted by molar-refractivity contribution is -0.665. The average molecular weight is 576 g/mol. The zero-order chi connectivity index (χ0) is 26.2. The smallest absolute Gasteiger partial charge is 0.263 e. The third-order valence-electron chi connectivity index (χ3n) is 7.86. The molecule has 0 saturated carbocycles. The van der Waals surface area contributed by atoms with Crippen LogP contribution in [0.2, 0.25) is 0 Å². The second-order valence-electron chi connectivity index (χ2n) is 10.0. The molecule has 0 bridgehead atoms. The number of para-hydroxylation sites is 1. The zero-order valence-electron chi connectivity index (χ0n) is 22.6. The lowest BCUT2D eigenvalue weighted by Crippen LogP contribution is -2.33. The molecule has 2 aromatic carbocycles. The first-order chi connectivity index (χ1) is 18.6. The van der Waals surface area contributed by atoms with Gasteiger partial charge >= 0.3 is 0 Å². The summed E-state index contributed by atoms with van der Waals surface area (Å²) in [4.78, 5) is 6.66. The summed E-state index contributed by atoms with van der Waals surface area (Å²) < 4.78 is 3.84. The van der Waals surface area contributed by atoms with Crippen LogP contribution in [0, 0.1) is 5.92 Å². The van der Waals surface area contributed by atoms with Gasteiger partial charge in [0.1, 0.15) is 11.2 Å². The van der Waals surface area contributed by atoms with E-state index in [1.807, 2.05) is 46.6 Å². The molecule has 0 radical (unpaired) electrons. The number of thioether (sulfide) groups is 3. The van der Waals surface area contributed by atoms with E-state index in [-0.39, 0.29) is 0 Å². The average Bonchev–Trinajstić information content (AvgIpc) is 3.47. The summed E-state index contributed by atoms with van der Waals surface area (Å²) in [5, 5.41) is 2.74. The molecule has 2 aliphatic carbocycles. The molecule has 0 N–H and O–H groups in total. The number of hydrogen-bond acceptors (Lipinski definition) is 5. The van der Waals surface area contributed by atoms with Crippen molar-refractivity contribution >= 4 is 68.6 Å². The molecule has 2 heterocycles. The van der Waals surface area contributed by atoms with Gasteiger partial charge in [-0.2, -0.15) is 4.57 Å². The number of anilines is 1. The quantitative estimate of drug-likeness (QED) is 0.213. The number of fused-ring (bicyclic) bond motifs is 3. The van der Waals surface area contributed by atoms with Crippen LogP contribution in [-0.2, 0) is 6.54 Å². The van der Waals surface area contributed by atoms with E-state index in [0.717, 1.165) is 13.1 Å². The summed E-state index contributed by atoms with van der Waals surface area (Å²) in [7, 11) is 0. The normalized spacial score (nSPS) is 21.2. The summed E-state index contributed by atoms with van der Waals surface area (Å²) in [5.41, 5.74) is 7.20. The maximum absolute atomic E-state index is 2.50. The van der Waals surface area contributed by atoms with Gasteiger partial charge in [0.25, 0.3) is 5.01 Å². The molecule has 2 nitrogen and oxygen atoms in total. The fourth-order valence-corrected chi connectivity index (χ4v) is 9.89. The van der Waals surface area contributed by atoms with Crippen molar-refractivity contribution in [1.29, 1.82) is 0 Å². The molecule has 1 aliphatic heterocycles. The highest BCUT2D eigenvalue weighted by Gasteiger charge is 2.28. The van der Waals surface area contributed by atoms with Gasteiger partial charge in [-0.3, -0.25) is 0 Å². The highest BCUT2D eigenvalue weighted by Crippen LogP contribution is 2.50. The van der Waals surface area contributed by atoms with Crippen LogP contribution in [0.5, 0.6) is 0 Å². The molecule has 3 aliphatic rings. The van der Waals surface area contributed by atoms with E-state index < -0.39 is 0 Å². The van der Waals surface area contributed by atoms with Gasteiger partial charge in [0.2, 0.25) is 5.52 Å². The fraction of sp³-hybridized carbons (Fsp3) is 0.344. The number of thiazole rings is 1. The largest absolute Gasteiger partial charge is 0.335 e. The van der Waals surface area contributed by atoms with Gasteiger partial charge in [0, 0.05) is 33.4 Å². The highest BCUT2D eigenvalue weighted by molar-refractivity contribution is 8.04. The molecule has 1 aromatic heterocycles. The summed E-state index contributed by atoms with van der Waals surface area (Å²) in [6.45, 7) is 6.53. The van der Waals surface area contributed by atoms with Gasteiger partial charge in [-0.15, -0.1) is 23.5 Å². The van der Waals surface area contributed by atoms with Crippen molar-refractivity contribution in [2.24, 2.45) is 5.92 Å². The van der Waals surface area contributed by atoms with E-state index in [2.05, 4.69) is 96.5 Å². The Kier molecular flexibility index (Phi) is 7.86. The summed E-state index contributed by atoms with van der Waals surface area (Å²) >= 11 is 7.56. The third-order valence-corrected chi connectivity index (χ3v) is 11.8. The Hall–Kier alpha value is -1.86. The first kappa shape index (κ1) is 26.4. The van der Waals surface area contributed by atoms with Crippen molar-refractivity contribution in [3.63, 3.8) is 0 Å². The number of hydrogen-bond donors (Lipinski definition) is 0. The maximum Gasteiger partial charge on any atom is 0.263 e. The van der Waals surface area contributed by atoms with Crippen molar-refractivity contribution < 1.29 is 4.57 Å². The Morgan fingerprint density at radius 2 is 1.79 bits per heavy atom. The molecule has 196 valence electrons. The van der Waals surface area contributed by atoms with Crippen LogP contribution in [0.3, 0.4) is 0 Å². The van der Waals surface area contributed by atoms with Crippen LogP contribution in [0.4, 0.5) is 5.69 Å². The van der Waals surface area contributed by atoms with E-state index in [9.17, 15) is 0 Å². The van der Waals surface area contributed by atoms with Gasteiger partial charge in [0.05, 0.1) is 10.7 Å². The van der Waals surface area contributed by atoms with Crippen LogP contribution in [0.15, 0.2) is 91.1 Å². The van der Waals surface area contributed by atoms with Crippen LogP contribution in [-0.4, -0.2) is 19.1 Å². The number of rotatable bonds is 6. The van der Waals surface area contributed by atoms with E-state index in [1.54, 1.807) is 0 Å². The molecule has 0 spiro atoms. The van der Waals surface area contributed by atoms with Gasteiger partial charge in [-0.25, -0.2) is 0 Å². The predicted octanol–water partition coefficient (Wildman–Crippen LogP) is 9.57. The van der Waals surface area contributed by atoms with Crippen LogP contribution in [0.1, 0.15) is 44.5 Å². The Labute approximate surface area is 244 Å². The molecule has 1 unspecified atom stereocenters. The zero-order valence-corrected chi connectivity index (χ0v) is 25.9. The monoisotopic (exact) mass is 575 g/mol. The van der Waals surface area contributed by atoms with E-state index in [1.165, 1.54) is 83.0 Å². The van der Waals surface area contributed by atoms with Crippen molar-refractivity contribution in [3.05, 3.63) is 81.4 Å². The van der Waals surface area contributed by atoms with E-state index in [0.29, 0.717) is 5.92 Å². The molecule has 6 rings (SSSR count). The van der Waals surface area contributed by atoms with E-state index >= 15 is 0 Å². The summed E-state index contributed by atoms with van der Waals surface area (Å²) in [5.74, 6) is 0.707. The van der Waals surface area contributed by atoms with E-state index in [4.69, 9.17) is 0 Å². The lowest BCUT2D eigenvalue weighted by atomic mass is 9.77. The lowest BCUT2D eigenvalue weighted by Gasteiger charge is -2.28. The SMILES string of the molecule is CCN1C(=CC2=CC3=CC(=Cc4sc5ccccc5[n+]4CC)CCC3CC2)Sc2cc(SC)c(SC)cc21. The first-order valence-corrected chi connectivity index (χ1v) is 17.7. The number of aryl methyl sites for hydroxylation is 1. The second-order valence-corrected chi connectivity index (χ2v) is 13.8. The fourth-order valence-electron chi connectivity index (χ4n) is 5.90. The Balaban J connectivity index is 1.31. The Bertz CT molecular complexity index is 1510. The first-order valence-electron chi connectivity index (χ1n) is 13.6. The summed E-state index contributed by atoms with van der Waals surface area (Å²) in [6, 6.07) is 13.6. The Morgan fingerprint density at radius 3 is 2.58 bits per heavy atom. The number of allylic oxidation sites excluding steroid dienone is 6. The van der Waals surface area contributed by atoms with Gasteiger partial charge in [-0.05, 0) is 99.0 Å². The number of aromatic nitrogens is 1. The van der Waals surface area contributed by atoms with Crippen LogP contribution >= 0.6 is 46.6 Å². The van der Waals surface area contributed by atoms with Crippen molar-refractivity contribution in [2.45, 2.75) is 60.8 Å². The molecular formula is C32H35N2S4+. The highest BCUT2D eigenvalue weighted by atomic mass is 32.2. The molecule has 0 saturated heterocycles. The van der Waals surface area contributed by atoms with Crippen LogP contribution in [0.25, 0.3) is 16.3 Å². The number of nitrogens with zero attached hydrogens (tertiary/aromatic N) is 2. The topological polar surface area (TPSA) is 7.12 Å². The predicted molar refractivity (Wildman–Crippen MR) is 171 cm³/mol. The van der Waals surface area contributed by atoms with Crippen molar-refractivity contribution in [2.75, 3.05) is 24.0 Å². The second kappa shape index (κ2) is 11.3. The van der Waals surface area contributed by atoms with Crippen molar-refractivity contribution in [3.8, 4) is 0 Å². The minimum atomic E-state index is 0.707. The molecule has 0 amide bonds. The van der Waals surface area contributed by atoms with Crippen molar-refractivity contribution in [1.82, 2.24) is 0 Å². The van der Waals surface area contributed by atoms with Gasteiger partial charge in [0.15, 0.2) is 0 Å². The standard InChI is InChI=1S/C32H35N2S4/c1-5-33-25-9-7-8-10-27(25)37-31(33)17-21-11-13-23-14-12-22(16-24(23)15-21)18-32-34(6-2)26-19-29(35-3)30(36-4)20-28(26)38-32/h7-10,15-20,23H,5-6,11-14H2,1-4H3/q+1. The number of benzene rings is 2. The summed E-state index contributed by atoms with van der Waals surface area (Å²) in [6.07, 6.45) is 19.2. The maximum atomic E-state index is 2.50. The minimum Gasteiger partial charge on any atom is -0.335 e.